The number of esters is 1. The van der Waals surface area contributed by atoms with Crippen LogP contribution < -0.4 is 0 Å². The first-order valence-corrected chi connectivity index (χ1v) is 6.97. The van der Waals surface area contributed by atoms with Crippen LogP contribution in [-0.4, -0.2) is 42.3 Å². The monoisotopic (exact) mass is 317 g/mol. The van der Waals surface area contributed by atoms with Gasteiger partial charge in [-0.25, -0.2) is 0 Å². The van der Waals surface area contributed by atoms with Crippen LogP contribution in [-0.2, 0) is 15.7 Å². The third-order valence-corrected chi connectivity index (χ3v) is 3.83. The predicted octanol–water partition coefficient (Wildman–Crippen LogP) is 2.38. The molecule has 0 radical (unpaired) electrons. The number of carbonyl (C=O) groups excluding carboxylic acids is 1. The van der Waals surface area contributed by atoms with Crippen molar-refractivity contribution >= 4 is 5.97 Å². The molecular formula is C15H18F3NO3. The van der Waals surface area contributed by atoms with E-state index in [1.165, 1.54) is 19.2 Å². The molecule has 1 aromatic rings. The smallest absolute Gasteiger partial charge is 0.416 e. The maximum Gasteiger partial charge on any atom is 0.416 e. The molecule has 0 spiro atoms. The Hall–Kier alpha value is -1.60. The van der Waals surface area contributed by atoms with Crippen molar-refractivity contribution in [1.29, 1.82) is 0 Å². The van der Waals surface area contributed by atoms with Crippen LogP contribution in [0, 0.1) is 0 Å². The summed E-state index contributed by atoms with van der Waals surface area (Å²) in [7, 11) is 1.30. The van der Waals surface area contributed by atoms with E-state index in [4.69, 9.17) is 0 Å². The van der Waals surface area contributed by atoms with Gasteiger partial charge in [0.25, 0.3) is 0 Å². The maximum atomic E-state index is 12.6. The minimum atomic E-state index is -4.36. The molecule has 1 fully saturated rings. The molecule has 0 bridgehead atoms. The highest BCUT2D eigenvalue weighted by atomic mass is 19.4. The highest BCUT2D eigenvalue weighted by Crippen LogP contribution is 2.35. The van der Waals surface area contributed by atoms with Crippen molar-refractivity contribution in [3.8, 4) is 0 Å². The number of rotatable bonds is 4. The number of nitrogens with zero attached hydrogens (tertiary/aromatic N) is 1. The van der Waals surface area contributed by atoms with Crippen LogP contribution in [0.15, 0.2) is 24.3 Å². The molecule has 0 amide bonds. The number of benzene rings is 1. The fourth-order valence-electron chi connectivity index (χ4n) is 2.70. The first-order valence-electron chi connectivity index (χ1n) is 6.97. The third kappa shape index (κ3) is 3.98. The van der Waals surface area contributed by atoms with Gasteiger partial charge >= 0.3 is 12.1 Å². The molecule has 122 valence electrons. The molecule has 2 rings (SSSR count). The van der Waals surface area contributed by atoms with Gasteiger partial charge in [-0.2, -0.15) is 13.2 Å². The number of carbonyl (C=O) groups is 1. The van der Waals surface area contributed by atoms with Crippen LogP contribution in [0.1, 0.15) is 30.0 Å². The summed E-state index contributed by atoms with van der Waals surface area (Å²) in [6, 6.07) is 4.74. The van der Waals surface area contributed by atoms with Gasteiger partial charge in [0.05, 0.1) is 25.2 Å². The van der Waals surface area contributed by atoms with Gasteiger partial charge in [0.15, 0.2) is 0 Å². The van der Waals surface area contributed by atoms with Crippen LogP contribution in [0.2, 0.25) is 0 Å². The number of likely N-dealkylation sites (tertiary alicyclic amines) is 1. The molecule has 7 heteroatoms. The van der Waals surface area contributed by atoms with E-state index in [0.717, 1.165) is 12.1 Å². The predicted molar refractivity (Wildman–Crippen MR) is 73.0 cm³/mol. The molecule has 4 nitrogen and oxygen atoms in total. The Balaban J connectivity index is 2.09. The van der Waals surface area contributed by atoms with E-state index in [-0.39, 0.29) is 18.4 Å². The second-order valence-corrected chi connectivity index (χ2v) is 5.35. The Morgan fingerprint density at radius 1 is 1.36 bits per heavy atom. The van der Waals surface area contributed by atoms with E-state index in [2.05, 4.69) is 4.74 Å². The van der Waals surface area contributed by atoms with Gasteiger partial charge in [-0.05, 0) is 24.1 Å². The van der Waals surface area contributed by atoms with Gasteiger partial charge in [0.2, 0.25) is 0 Å². The lowest BCUT2D eigenvalue weighted by Gasteiger charge is -2.24. The molecule has 0 aliphatic carbocycles. The first kappa shape index (κ1) is 16.8. The zero-order chi connectivity index (χ0) is 16.3. The Kier molecular flexibility index (Phi) is 5.08. The quantitative estimate of drug-likeness (QED) is 0.866. The SMILES string of the molecule is COC(=O)CCN1C[C@@H](O)C[C@@H]1c1ccc(C(F)(F)F)cc1. The number of halogens is 3. The topological polar surface area (TPSA) is 49.8 Å². The van der Waals surface area contributed by atoms with Crippen molar-refractivity contribution in [2.24, 2.45) is 0 Å². The molecule has 1 heterocycles. The lowest BCUT2D eigenvalue weighted by molar-refractivity contribution is -0.141. The van der Waals surface area contributed by atoms with Gasteiger partial charge in [-0.1, -0.05) is 12.1 Å². The Morgan fingerprint density at radius 2 is 2.00 bits per heavy atom. The summed E-state index contributed by atoms with van der Waals surface area (Å²) in [4.78, 5) is 13.1. The summed E-state index contributed by atoms with van der Waals surface area (Å²) in [5, 5.41) is 9.80. The third-order valence-electron chi connectivity index (χ3n) is 3.83. The molecule has 1 aliphatic heterocycles. The lowest BCUT2D eigenvalue weighted by atomic mass is 10.0. The second kappa shape index (κ2) is 6.66. The number of hydrogen-bond donors (Lipinski definition) is 1. The number of hydrogen-bond acceptors (Lipinski definition) is 4. The molecule has 1 N–H and O–H groups in total. The van der Waals surface area contributed by atoms with Gasteiger partial charge in [-0.15, -0.1) is 0 Å². The van der Waals surface area contributed by atoms with Gasteiger partial charge in [0, 0.05) is 19.1 Å². The van der Waals surface area contributed by atoms with Crippen molar-refractivity contribution in [1.82, 2.24) is 4.90 Å². The number of methoxy groups -OCH3 is 1. The van der Waals surface area contributed by atoms with Gasteiger partial charge in [-0.3, -0.25) is 9.69 Å². The van der Waals surface area contributed by atoms with Crippen LogP contribution in [0.4, 0.5) is 13.2 Å². The highest BCUT2D eigenvalue weighted by molar-refractivity contribution is 5.69. The van der Waals surface area contributed by atoms with Crippen molar-refractivity contribution < 1.29 is 27.8 Å². The summed E-state index contributed by atoms with van der Waals surface area (Å²) in [5.74, 6) is -0.354. The van der Waals surface area contributed by atoms with Crippen LogP contribution in [0.5, 0.6) is 0 Å². The fraction of sp³-hybridized carbons (Fsp3) is 0.533. The molecule has 2 atom stereocenters. The van der Waals surface area contributed by atoms with Crippen molar-refractivity contribution in [3.63, 3.8) is 0 Å². The van der Waals surface area contributed by atoms with E-state index in [1.54, 1.807) is 0 Å². The van der Waals surface area contributed by atoms with E-state index >= 15 is 0 Å². The fourth-order valence-corrected chi connectivity index (χ4v) is 2.70. The van der Waals surface area contributed by atoms with E-state index in [0.29, 0.717) is 25.1 Å². The molecule has 1 aromatic carbocycles. The van der Waals surface area contributed by atoms with Crippen molar-refractivity contribution in [2.45, 2.75) is 31.2 Å². The zero-order valence-corrected chi connectivity index (χ0v) is 12.1. The Labute approximate surface area is 126 Å². The number of aliphatic hydroxyl groups excluding tert-OH is 1. The lowest BCUT2D eigenvalue weighted by Crippen LogP contribution is -2.27. The molecule has 22 heavy (non-hydrogen) atoms. The summed E-state index contributed by atoms with van der Waals surface area (Å²) >= 11 is 0. The average molecular weight is 317 g/mol. The van der Waals surface area contributed by atoms with Crippen molar-refractivity contribution in [3.05, 3.63) is 35.4 Å². The summed E-state index contributed by atoms with van der Waals surface area (Å²) in [6.07, 6.45) is -4.30. The maximum absolute atomic E-state index is 12.6. The molecule has 0 saturated carbocycles. The van der Waals surface area contributed by atoms with Crippen molar-refractivity contribution in [2.75, 3.05) is 20.2 Å². The molecule has 1 aliphatic rings. The van der Waals surface area contributed by atoms with Crippen LogP contribution in [0.25, 0.3) is 0 Å². The number of alkyl halides is 3. The Bertz CT molecular complexity index is 516. The van der Waals surface area contributed by atoms with E-state index < -0.39 is 17.8 Å². The average Bonchev–Trinajstić information content (AvgIpc) is 2.85. The molecule has 1 saturated heterocycles. The number of ether oxygens (including phenoxy) is 1. The summed E-state index contributed by atoms with van der Waals surface area (Å²) < 4.78 is 42.3. The minimum Gasteiger partial charge on any atom is -0.469 e. The highest BCUT2D eigenvalue weighted by Gasteiger charge is 2.34. The molecule has 0 aromatic heterocycles. The second-order valence-electron chi connectivity index (χ2n) is 5.35. The Morgan fingerprint density at radius 3 is 2.55 bits per heavy atom. The summed E-state index contributed by atoms with van der Waals surface area (Å²) in [5.41, 5.74) is 0.00493. The zero-order valence-electron chi connectivity index (χ0n) is 12.1. The molecule has 0 unspecified atom stereocenters. The largest absolute Gasteiger partial charge is 0.469 e. The minimum absolute atomic E-state index is 0.181. The number of aliphatic hydroxyl groups is 1. The van der Waals surface area contributed by atoms with E-state index in [9.17, 15) is 23.1 Å². The summed E-state index contributed by atoms with van der Waals surface area (Å²) in [6.45, 7) is 0.790. The van der Waals surface area contributed by atoms with Gasteiger partial charge < -0.3 is 9.84 Å². The number of β-amino-alcohol motifs (C(OH)–C–C–N with tert-alkyl or cyclic N) is 1. The normalized spacial score (nSPS) is 22.8. The standard InChI is InChI=1S/C15H18F3NO3/c1-22-14(21)6-7-19-9-12(20)8-13(19)10-2-4-11(5-3-10)15(16,17)18/h2-5,12-13,20H,6-9H2,1H3/t12-,13+/m0/s1. The van der Waals surface area contributed by atoms with E-state index in [1.807, 2.05) is 4.90 Å². The van der Waals surface area contributed by atoms with Gasteiger partial charge in [0.1, 0.15) is 0 Å². The first-order chi connectivity index (χ1) is 10.3. The van der Waals surface area contributed by atoms with Crippen LogP contribution in [0.3, 0.4) is 0 Å². The van der Waals surface area contributed by atoms with Crippen LogP contribution >= 0.6 is 0 Å². The molecular weight excluding hydrogens is 299 g/mol.